The minimum Gasteiger partial charge on any atom is -0.369 e. The van der Waals surface area contributed by atoms with Crippen molar-refractivity contribution in [2.75, 3.05) is 25.0 Å². The maximum atomic E-state index is 13.3. The van der Waals surface area contributed by atoms with Crippen LogP contribution in [0.4, 0.5) is 10.2 Å². The molecule has 0 fully saturated rings. The summed E-state index contributed by atoms with van der Waals surface area (Å²) in [6.07, 6.45) is 2.92. The number of rotatable bonds is 7. The summed E-state index contributed by atoms with van der Waals surface area (Å²) in [7, 11) is 0. The van der Waals surface area contributed by atoms with E-state index >= 15 is 0 Å². The van der Waals surface area contributed by atoms with Gasteiger partial charge in [0, 0.05) is 19.6 Å². The van der Waals surface area contributed by atoms with Gasteiger partial charge >= 0.3 is 0 Å². The molecule has 19 heavy (non-hydrogen) atoms. The third-order valence-corrected chi connectivity index (χ3v) is 2.79. The number of amides is 1. The predicted molar refractivity (Wildman–Crippen MR) is 74.8 cm³/mol. The monoisotopic (exact) mass is 267 g/mol. The van der Waals surface area contributed by atoms with Gasteiger partial charge in [-0.15, -0.1) is 0 Å². The highest BCUT2D eigenvalue weighted by atomic mass is 19.1. The minimum absolute atomic E-state index is 0.171. The second-order valence-electron chi connectivity index (χ2n) is 4.36. The molecule has 1 N–H and O–H groups in total. The topological polar surface area (TPSA) is 45.2 Å². The average molecular weight is 267 g/mol. The fourth-order valence-corrected chi connectivity index (χ4v) is 1.83. The van der Waals surface area contributed by atoms with E-state index in [0.717, 1.165) is 19.0 Å². The van der Waals surface area contributed by atoms with E-state index in [1.165, 1.54) is 6.07 Å². The number of carbonyl (C=O) groups is 1. The second-order valence-corrected chi connectivity index (χ2v) is 4.36. The number of hydrogen-bond donors (Lipinski definition) is 1. The summed E-state index contributed by atoms with van der Waals surface area (Å²) in [5.74, 6) is -0.198. The van der Waals surface area contributed by atoms with Gasteiger partial charge in [0.25, 0.3) is 5.91 Å². The number of nitrogens with zero attached hydrogens (tertiary/aromatic N) is 2. The van der Waals surface area contributed by atoms with Gasteiger partial charge in [-0.1, -0.05) is 13.8 Å². The molecular formula is C14H22FN3O. The van der Waals surface area contributed by atoms with Gasteiger partial charge in [-0.05, 0) is 25.8 Å². The molecular weight excluding hydrogens is 245 g/mol. The van der Waals surface area contributed by atoms with Crippen LogP contribution >= 0.6 is 0 Å². The van der Waals surface area contributed by atoms with Crippen LogP contribution in [-0.4, -0.2) is 35.4 Å². The van der Waals surface area contributed by atoms with E-state index in [-0.39, 0.29) is 5.91 Å². The largest absolute Gasteiger partial charge is 0.369 e. The summed E-state index contributed by atoms with van der Waals surface area (Å²) in [6, 6.07) is 1.26. The summed E-state index contributed by atoms with van der Waals surface area (Å²) < 4.78 is 13.3. The molecule has 0 radical (unpaired) electrons. The van der Waals surface area contributed by atoms with Crippen molar-refractivity contribution in [3.63, 3.8) is 0 Å². The zero-order chi connectivity index (χ0) is 14.3. The lowest BCUT2D eigenvalue weighted by molar-refractivity contribution is 0.0764. The zero-order valence-electron chi connectivity index (χ0n) is 11.9. The van der Waals surface area contributed by atoms with Crippen molar-refractivity contribution in [1.29, 1.82) is 0 Å². The van der Waals surface area contributed by atoms with Crippen molar-refractivity contribution < 1.29 is 9.18 Å². The fraction of sp³-hybridized carbons (Fsp3) is 0.571. The van der Waals surface area contributed by atoms with Crippen molar-refractivity contribution in [3.05, 3.63) is 23.6 Å². The molecule has 1 rings (SSSR count). The first kappa shape index (κ1) is 15.4. The van der Waals surface area contributed by atoms with Gasteiger partial charge < -0.3 is 10.2 Å². The first-order valence-corrected chi connectivity index (χ1v) is 6.82. The molecule has 1 heterocycles. The van der Waals surface area contributed by atoms with Gasteiger partial charge in [-0.25, -0.2) is 9.37 Å². The number of aromatic nitrogens is 1. The lowest BCUT2D eigenvalue weighted by Gasteiger charge is -2.21. The van der Waals surface area contributed by atoms with Crippen LogP contribution < -0.4 is 5.32 Å². The van der Waals surface area contributed by atoms with Gasteiger partial charge in [0.05, 0.1) is 11.8 Å². The van der Waals surface area contributed by atoms with Gasteiger partial charge in [-0.2, -0.15) is 0 Å². The maximum Gasteiger partial charge on any atom is 0.257 e. The quantitative estimate of drug-likeness (QED) is 0.826. The van der Waals surface area contributed by atoms with Crippen LogP contribution in [0.15, 0.2) is 12.3 Å². The molecule has 1 aromatic rings. The zero-order valence-corrected chi connectivity index (χ0v) is 11.9. The third-order valence-electron chi connectivity index (χ3n) is 2.79. The Kier molecular flexibility index (Phi) is 6.25. The van der Waals surface area contributed by atoms with Gasteiger partial charge in [0.2, 0.25) is 0 Å². The summed E-state index contributed by atoms with van der Waals surface area (Å²) in [5, 5.41) is 3.07. The fourth-order valence-electron chi connectivity index (χ4n) is 1.83. The van der Waals surface area contributed by atoms with Crippen LogP contribution in [0.1, 0.15) is 44.0 Å². The highest BCUT2D eigenvalue weighted by Crippen LogP contribution is 2.16. The van der Waals surface area contributed by atoms with Crippen molar-refractivity contribution in [2.45, 2.75) is 33.6 Å². The van der Waals surface area contributed by atoms with Crippen molar-refractivity contribution in [3.8, 4) is 0 Å². The number of nitrogens with one attached hydrogen (secondary N) is 1. The molecule has 0 saturated carbocycles. The van der Waals surface area contributed by atoms with E-state index in [1.54, 1.807) is 4.90 Å². The molecule has 0 aromatic carbocycles. The first-order chi connectivity index (χ1) is 9.13. The highest BCUT2D eigenvalue weighted by molar-refractivity contribution is 5.98. The van der Waals surface area contributed by atoms with E-state index in [4.69, 9.17) is 0 Å². The van der Waals surface area contributed by atoms with E-state index in [0.29, 0.717) is 31.0 Å². The van der Waals surface area contributed by atoms with Crippen LogP contribution in [-0.2, 0) is 0 Å². The number of halogens is 1. The van der Waals surface area contributed by atoms with E-state index in [1.807, 2.05) is 20.8 Å². The molecule has 5 heteroatoms. The number of pyridine rings is 1. The first-order valence-electron chi connectivity index (χ1n) is 6.82. The molecule has 0 spiro atoms. The molecule has 1 aromatic heterocycles. The maximum absolute atomic E-state index is 13.3. The Hall–Kier alpha value is -1.65. The summed E-state index contributed by atoms with van der Waals surface area (Å²) in [5.41, 5.74) is 0.309. The van der Waals surface area contributed by atoms with Gasteiger partial charge in [0.1, 0.15) is 11.6 Å². The Labute approximate surface area is 114 Å². The molecule has 0 aliphatic rings. The standard InChI is InChI=1S/C14H22FN3O/c1-4-7-16-13-12(9-11(15)10-17-13)14(19)18(6-3)8-5-2/h9-10H,4-8H2,1-3H3,(H,16,17). The second kappa shape index (κ2) is 7.71. The Morgan fingerprint density at radius 2 is 2.11 bits per heavy atom. The Morgan fingerprint density at radius 1 is 1.37 bits per heavy atom. The molecule has 0 atom stereocenters. The number of hydrogen-bond acceptors (Lipinski definition) is 3. The number of anilines is 1. The lowest BCUT2D eigenvalue weighted by atomic mass is 10.2. The van der Waals surface area contributed by atoms with Crippen LogP contribution in [0.3, 0.4) is 0 Å². The lowest BCUT2D eigenvalue weighted by Crippen LogP contribution is -2.32. The Bertz CT molecular complexity index is 423. The minimum atomic E-state index is -0.488. The van der Waals surface area contributed by atoms with Crippen molar-refractivity contribution in [1.82, 2.24) is 9.88 Å². The summed E-state index contributed by atoms with van der Waals surface area (Å²) in [6.45, 7) is 7.93. The molecule has 4 nitrogen and oxygen atoms in total. The SMILES string of the molecule is CCCNc1ncc(F)cc1C(=O)N(CC)CCC. The van der Waals surface area contributed by atoms with Gasteiger partial charge in [-0.3, -0.25) is 4.79 Å². The van der Waals surface area contributed by atoms with Crippen LogP contribution in [0.2, 0.25) is 0 Å². The molecule has 1 amide bonds. The van der Waals surface area contributed by atoms with Crippen LogP contribution in [0.5, 0.6) is 0 Å². The van der Waals surface area contributed by atoms with E-state index in [9.17, 15) is 9.18 Å². The van der Waals surface area contributed by atoms with Crippen LogP contribution in [0, 0.1) is 5.82 Å². The Balaban J connectivity index is 3.01. The van der Waals surface area contributed by atoms with E-state index < -0.39 is 5.82 Å². The summed E-state index contributed by atoms with van der Waals surface area (Å²) >= 11 is 0. The molecule has 0 aliphatic heterocycles. The molecule has 106 valence electrons. The van der Waals surface area contributed by atoms with Crippen molar-refractivity contribution in [2.24, 2.45) is 0 Å². The smallest absolute Gasteiger partial charge is 0.257 e. The normalized spacial score (nSPS) is 10.3. The van der Waals surface area contributed by atoms with Crippen molar-refractivity contribution >= 4 is 11.7 Å². The average Bonchev–Trinajstić information content (AvgIpc) is 2.42. The summed E-state index contributed by atoms with van der Waals surface area (Å²) in [4.78, 5) is 18.1. The Morgan fingerprint density at radius 3 is 2.68 bits per heavy atom. The third kappa shape index (κ3) is 4.19. The molecule has 0 bridgehead atoms. The highest BCUT2D eigenvalue weighted by Gasteiger charge is 2.18. The number of carbonyl (C=O) groups excluding carboxylic acids is 1. The predicted octanol–water partition coefficient (Wildman–Crippen LogP) is 2.91. The molecule has 0 saturated heterocycles. The van der Waals surface area contributed by atoms with E-state index in [2.05, 4.69) is 10.3 Å². The van der Waals surface area contributed by atoms with Crippen LogP contribution in [0.25, 0.3) is 0 Å². The molecule has 0 aliphatic carbocycles. The van der Waals surface area contributed by atoms with Gasteiger partial charge in [0.15, 0.2) is 0 Å². The molecule has 0 unspecified atom stereocenters.